The van der Waals surface area contributed by atoms with Crippen LogP contribution in [0.15, 0.2) is 71.8 Å². The summed E-state index contributed by atoms with van der Waals surface area (Å²) in [6, 6.07) is 18.0. The molecule has 0 spiro atoms. The molecule has 0 unspecified atom stereocenters. The van der Waals surface area contributed by atoms with Crippen molar-refractivity contribution in [1.82, 2.24) is 5.43 Å². The SMILES string of the molecule is CCOc1ccc(N([C@H](C)C(=O)N/N=C\c2ccc(OCc3ccc(Cl)cc3)c(OCC)c2)S(C)(=O)=O)cc1. The Kier molecular flexibility index (Phi) is 10.6. The summed E-state index contributed by atoms with van der Waals surface area (Å²) in [6.07, 6.45) is 2.49. The predicted molar refractivity (Wildman–Crippen MR) is 154 cm³/mol. The lowest BCUT2D eigenvalue weighted by Gasteiger charge is -2.27. The highest BCUT2D eigenvalue weighted by atomic mass is 35.5. The molecule has 39 heavy (non-hydrogen) atoms. The van der Waals surface area contributed by atoms with Gasteiger partial charge in [0, 0.05) is 5.02 Å². The van der Waals surface area contributed by atoms with Gasteiger partial charge in [-0.2, -0.15) is 5.10 Å². The van der Waals surface area contributed by atoms with Gasteiger partial charge >= 0.3 is 0 Å². The first-order valence-electron chi connectivity index (χ1n) is 12.3. The first-order chi connectivity index (χ1) is 18.6. The summed E-state index contributed by atoms with van der Waals surface area (Å²) < 4.78 is 43.1. The van der Waals surface area contributed by atoms with Crippen LogP contribution in [0.5, 0.6) is 17.2 Å². The third-order valence-corrected chi connectivity index (χ3v) is 6.95. The highest BCUT2D eigenvalue weighted by Gasteiger charge is 2.29. The number of carbonyl (C=O) groups is 1. The van der Waals surface area contributed by atoms with Crippen molar-refractivity contribution in [3.63, 3.8) is 0 Å². The van der Waals surface area contributed by atoms with Gasteiger partial charge in [-0.25, -0.2) is 13.8 Å². The van der Waals surface area contributed by atoms with Gasteiger partial charge in [-0.05, 0) is 86.5 Å². The number of amides is 1. The van der Waals surface area contributed by atoms with Crippen molar-refractivity contribution in [2.45, 2.75) is 33.4 Å². The zero-order valence-corrected chi connectivity index (χ0v) is 23.8. The number of nitrogens with zero attached hydrogens (tertiary/aromatic N) is 2. The van der Waals surface area contributed by atoms with Crippen LogP contribution < -0.4 is 23.9 Å². The van der Waals surface area contributed by atoms with Crippen LogP contribution in [0, 0.1) is 0 Å². The third kappa shape index (κ3) is 8.62. The van der Waals surface area contributed by atoms with Crippen molar-refractivity contribution in [1.29, 1.82) is 0 Å². The van der Waals surface area contributed by atoms with Crippen LogP contribution in [0.25, 0.3) is 0 Å². The summed E-state index contributed by atoms with van der Waals surface area (Å²) in [4.78, 5) is 12.8. The number of benzene rings is 3. The minimum Gasteiger partial charge on any atom is -0.494 e. The number of hydrogen-bond acceptors (Lipinski definition) is 7. The molecule has 0 heterocycles. The summed E-state index contributed by atoms with van der Waals surface area (Å²) >= 11 is 5.94. The Morgan fingerprint density at radius 2 is 1.64 bits per heavy atom. The second-order valence-electron chi connectivity index (χ2n) is 8.45. The van der Waals surface area contributed by atoms with E-state index in [-0.39, 0.29) is 0 Å². The molecule has 0 bridgehead atoms. The average molecular weight is 574 g/mol. The van der Waals surface area contributed by atoms with Gasteiger partial charge in [0.1, 0.15) is 18.4 Å². The van der Waals surface area contributed by atoms with Gasteiger partial charge in [0.25, 0.3) is 5.91 Å². The van der Waals surface area contributed by atoms with Crippen LogP contribution >= 0.6 is 11.6 Å². The summed E-state index contributed by atoms with van der Waals surface area (Å²) in [7, 11) is -3.77. The van der Waals surface area contributed by atoms with E-state index < -0.39 is 22.0 Å². The number of carbonyl (C=O) groups excluding carboxylic acids is 1. The van der Waals surface area contributed by atoms with E-state index >= 15 is 0 Å². The van der Waals surface area contributed by atoms with Crippen LogP contribution in [0.2, 0.25) is 5.02 Å². The molecule has 0 radical (unpaired) electrons. The van der Waals surface area contributed by atoms with Crippen molar-refractivity contribution < 1.29 is 27.4 Å². The fourth-order valence-corrected chi connectivity index (χ4v) is 4.96. The largest absolute Gasteiger partial charge is 0.494 e. The van der Waals surface area contributed by atoms with Crippen molar-refractivity contribution in [3.05, 3.63) is 82.9 Å². The molecule has 0 aliphatic heterocycles. The molecule has 3 aromatic rings. The lowest BCUT2D eigenvalue weighted by atomic mass is 10.2. The van der Waals surface area contributed by atoms with Crippen LogP contribution in [0.3, 0.4) is 0 Å². The zero-order valence-electron chi connectivity index (χ0n) is 22.3. The van der Waals surface area contributed by atoms with Gasteiger partial charge in [-0.3, -0.25) is 9.10 Å². The van der Waals surface area contributed by atoms with Gasteiger partial charge in [-0.1, -0.05) is 23.7 Å². The van der Waals surface area contributed by atoms with Crippen molar-refractivity contribution in [2.24, 2.45) is 5.10 Å². The summed E-state index contributed by atoms with van der Waals surface area (Å²) in [5.74, 6) is 1.08. The van der Waals surface area contributed by atoms with E-state index in [1.165, 1.54) is 13.1 Å². The molecule has 0 aliphatic rings. The van der Waals surface area contributed by atoms with E-state index in [1.807, 2.05) is 26.0 Å². The van der Waals surface area contributed by atoms with E-state index in [1.54, 1.807) is 54.6 Å². The van der Waals surface area contributed by atoms with Gasteiger partial charge in [0.2, 0.25) is 10.0 Å². The van der Waals surface area contributed by atoms with E-state index in [9.17, 15) is 13.2 Å². The fraction of sp³-hybridized carbons (Fsp3) is 0.286. The zero-order chi connectivity index (χ0) is 28.4. The number of ether oxygens (including phenoxy) is 3. The second kappa shape index (κ2) is 13.9. The first kappa shape index (κ1) is 29.8. The molecular formula is C28H32ClN3O6S. The number of sulfonamides is 1. The molecule has 3 rings (SSSR count). The molecule has 1 amide bonds. The maximum atomic E-state index is 12.8. The van der Waals surface area contributed by atoms with E-state index in [2.05, 4.69) is 10.5 Å². The number of halogens is 1. The Hall–Kier alpha value is -3.76. The van der Waals surface area contributed by atoms with E-state index in [0.29, 0.717) is 53.3 Å². The van der Waals surface area contributed by atoms with Gasteiger partial charge < -0.3 is 14.2 Å². The Morgan fingerprint density at radius 1 is 0.974 bits per heavy atom. The maximum absolute atomic E-state index is 12.8. The molecule has 0 aliphatic carbocycles. The van der Waals surface area contributed by atoms with Crippen LogP contribution in [-0.2, 0) is 21.4 Å². The Labute approximate surface area is 234 Å². The smallest absolute Gasteiger partial charge is 0.263 e. The lowest BCUT2D eigenvalue weighted by molar-refractivity contribution is -0.121. The number of rotatable bonds is 13. The fourth-order valence-electron chi connectivity index (χ4n) is 3.66. The number of anilines is 1. The minimum absolute atomic E-state index is 0.336. The number of nitrogens with one attached hydrogen (secondary N) is 1. The Bertz CT molecular complexity index is 1380. The van der Waals surface area contributed by atoms with Crippen LogP contribution in [0.1, 0.15) is 31.9 Å². The predicted octanol–water partition coefficient (Wildman–Crippen LogP) is 5.02. The molecular weight excluding hydrogens is 542 g/mol. The van der Waals surface area contributed by atoms with Crippen molar-refractivity contribution in [3.8, 4) is 17.2 Å². The standard InChI is InChI=1S/C28H32ClN3O6S/c1-5-36-25-14-12-24(13-15-25)32(39(4,34)35)20(3)28(33)31-30-18-22-9-16-26(27(17-22)37-6-2)38-19-21-7-10-23(29)11-8-21/h7-18,20H,5-6,19H2,1-4H3,(H,31,33)/b30-18-/t20-/m1/s1. The summed E-state index contributed by atoms with van der Waals surface area (Å²) in [6.45, 7) is 6.46. The topological polar surface area (TPSA) is 107 Å². The second-order valence-corrected chi connectivity index (χ2v) is 10.7. The number of hydrazone groups is 1. The molecule has 0 saturated heterocycles. The van der Waals surface area contributed by atoms with E-state index in [4.69, 9.17) is 25.8 Å². The average Bonchev–Trinajstić information content (AvgIpc) is 2.90. The first-order valence-corrected chi connectivity index (χ1v) is 14.5. The monoisotopic (exact) mass is 573 g/mol. The third-order valence-electron chi connectivity index (χ3n) is 5.45. The molecule has 11 heteroatoms. The molecule has 1 N–H and O–H groups in total. The van der Waals surface area contributed by atoms with Crippen LogP contribution in [-0.4, -0.2) is 46.1 Å². The molecule has 0 fully saturated rings. The van der Waals surface area contributed by atoms with E-state index in [0.717, 1.165) is 16.1 Å². The highest BCUT2D eigenvalue weighted by molar-refractivity contribution is 7.92. The van der Waals surface area contributed by atoms with Gasteiger partial charge in [-0.15, -0.1) is 0 Å². The van der Waals surface area contributed by atoms with Crippen molar-refractivity contribution in [2.75, 3.05) is 23.8 Å². The van der Waals surface area contributed by atoms with Crippen molar-refractivity contribution >= 4 is 39.4 Å². The molecule has 1 atom stereocenters. The molecule has 0 saturated carbocycles. The lowest BCUT2D eigenvalue weighted by Crippen LogP contribution is -2.46. The van der Waals surface area contributed by atoms with Gasteiger partial charge in [0.15, 0.2) is 11.5 Å². The molecule has 0 aromatic heterocycles. The Balaban J connectivity index is 1.68. The summed E-state index contributed by atoms with van der Waals surface area (Å²) in [5.41, 5.74) is 4.36. The minimum atomic E-state index is -3.77. The van der Waals surface area contributed by atoms with Gasteiger partial charge in [0.05, 0.1) is 31.4 Å². The highest BCUT2D eigenvalue weighted by Crippen LogP contribution is 2.29. The Morgan fingerprint density at radius 3 is 2.26 bits per heavy atom. The summed E-state index contributed by atoms with van der Waals surface area (Å²) in [5, 5.41) is 4.67. The molecule has 3 aromatic carbocycles. The number of hydrogen-bond donors (Lipinski definition) is 1. The quantitative estimate of drug-likeness (QED) is 0.227. The molecule has 9 nitrogen and oxygen atoms in total. The molecule has 208 valence electrons. The normalized spacial score (nSPS) is 12.1. The maximum Gasteiger partial charge on any atom is 0.263 e. The van der Waals surface area contributed by atoms with Crippen LogP contribution in [0.4, 0.5) is 5.69 Å².